The van der Waals surface area contributed by atoms with Gasteiger partial charge in [0.05, 0.1) is 25.5 Å². The van der Waals surface area contributed by atoms with Crippen LogP contribution in [0, 0.1) is 0 Å². The minimum Gasteiger partial charge on any atom is -0.493 e. The van der Waals surface area contributed by atoms with Crippen molar-refractivity contribution in [1.82, 2.24) is 15.1 Å². The number of H-pyrrole nitrogens is 1. The zero-order chi connectivity index (χ0) is 23.4. The van der Waals surface area contributed by atoms with Crippen molar-refractivity contribution in [2.24, 2.45) is 0 Å². The van der Waals surface area contributed by atoms with Crippen LogP contribution in [-0.2, 0) is 11.3 Å². The first-order valence-corrected chi connectivity index (χ1v) is 12.0. The molecule has 1 aliphatic rings. The minimum atomic E-state index is 0.464. The smallest absolute Gasteiger partial charge is 0.125 e. The van der Waals surface area contributed by atoms with Gasteiger partial charge >= 0.3 is 0 Å². The van der Waals surface area contributed by atoms with Crippen molar-refractivity contribution < 1.29 is 14.2 Å². The summed E-state index contributed by atoms with van der Waals surface area (Å²) in [5.41, 5.74) is 9.70. The second-order valence-electron chi connectivity index (χ2n) is 8.39. The van der Waals surface area contributed by atoms with Crippen LogP contribution in [0.15, 0.2) is 66.9 Å². The normalized spacial score (nSPS) is 14.1. The Hall–Kier alpha value is -3.29. The standard InChI is InChI=1S/C27H34N4O3/c28-24-9-10-27(34-18-15-31-13-2-3-14-31)23(19-24)21-32-16-4-1-5-17-33-25-8-6-7-22(20-25)26-11-12-29-30-26/h1,4,6-12,19-20H,2-3,5,13-18,21,28H2,(H,29,30)/b4-1+. The molecule has 4 rings (SSSR count). The minimum absolute atomic E-state index is 0.464. The van der Waals surface area contributed by atoms with Crippen molar-refractivity contribution >= 4 is 5.69 Å². The first-order valence-electron chi connectivity index (χ1n) is 12.0. The third-order valence-electron chi connectivity index (χ3n) is 5.79. The molecule has 0 spiro atoms. The van der Waals surface area contributed by atoms with Gasteiger partial charge in [-0.25, -0.2) is 0 Å². The molecule has 7 nitrogen and oxygen atoms in total. The van der Waals surface area contributed by atoms with Crippen molar-refractivity contribution in [3.05, 3.63) is 72.4 Å². The van der Waals surface area contributed by atoms with Crippen LogP contribution in [0.4, 0.5) is 5.69 Å². The van der Waals surface area contributed by atoms with Crippen LogP contribution in [0.2, 0.25) is 0 Å². The average Bonchev–Trinajstić information content (AvgIpc) is 3.57. The number of nitrogens with one attached hydrogen (secondary N) is 1. The van der Waals surface area contributed by atoms with Crippen molar-refractivity contribution in [2.45, 2.75) is 25.9 Å². The van der Waals surface area contributed by atoms with E-state index in [2.05, 4.69) is 21.2 Å². The fraction of sp³-hybridized carbons (Fsp3) is 0.370. The Labute approximate surface area is 201 Å². The van der Waals surface area contributed by atoms with Gasteiger partial charge in [0.25, 0.3) is 0 Å². The molecular weight excluding hydrogens is 428 g/mol. The second-order valence-corrected chi connectivity index (χ2v) is 8.39. The van der Waals surface area contributed by atoms with E-state index in [1.807, 2.05) is 54.6 Å². The second kappa shape index (κ2) is 12.8. The van der Waals surface area contributed by atoms with Gasteiger partial charge in [0.1, 0.15) is 18.1 Å². The predicted octanol–water partition coefficient (Wildman–Crippen LogP) is 4.68. The van der Waals surface area contributed by atoms with E-state index in [-0.39, 0.29) is 0 Å². The van der Waals surface area contributed by atoms with E-state index >= 15 is 0 Å². The van der Waals surface area contributed by atoms with E-state index in [9.17, 15) is 0 Å². The number of benzene rings is 2. The van der Waals surface area contributed by atoms with Crippen LogP contribution in [0.1, 0.15) is 24.8 Å². The summed E-state index contributed by atoms with van der Waals surface area (Å²) in [6.07, 6.45) is 9.22. The van der Waals surface area contributed by atoms with Crippen LogP contribution in [-0.4, -0.2) is 54.6 Å². The Morgan fingerprint density at radius 1 is 1.00 bits per heavy atom. The van der Waals surface area contributed by atoms with Crippen LogP contribution in [0.25, 0.3) is 11.3 Å². The van der Waals surface area contributed by atoms with E-state index in [1.54, 1.807) is 6.20 Å². The number of nitrogens with two attached hydrogens (primary N) is 1. The van der Waals surface area contributed by atoms with E-state index in [4.69, 9.17) is 19.9 Å². The van der Waals surface area contributed by atoms with Gasteiger partial charge in [0.15, 0.2) is 0 Å². The molecule has 0 saturated carbocycles. The summed E-state index contributed by atoms with van der Waals surface area (Å²) in [7, 11) is 0. The summed E-state index contributed by atoms with van der Waals surface area (Å²) >= 11 is 0. The third-order valence-corrected chi connectivity index (χ3v) is 5.79. The maximum Gasteiger partial charge on any atom is 0.125 e. The highest BCUT2D eigenvalue weighted by atomic mass is 16.5. The Bertz CT molecular complexity index is 1030. The fourth-order valence-corrected chi connectivity index (χ4v) is 3.98. The van der Waals surface area contributed by atoms with Gasteiger partial charge < -0.3 is 19.9 Å². The summed E-state index contributed by atoms with van der Waals surface area (Å²) in [4.78, 5) is 2.44. The van der Waals surface area contributed by atoms with Gasteiger partial charge in [0.2, 0.25) is 0 Å². The average molecular weight is 463 g/mol. The number of anilines is 1. The molecule has 1 aliphatic heterocycles. The van der Waals surface area contributed by atoms with Crippen molar-refractivity contribution in [3.63, 3.8) is 0 Å². The molecule has 0 amide bonds. The van der Waals surface area contributed by atoms with Crippen molar-refractivity contribution in [2.75, 3.05) is 45.2 Å². The summed E-state index contributed by atoms with van der Waals surface area (Å²) in [6, 6.07) is 15.7. The first kappa shape index (κ1) is 23.9. The van der Waals surface area contributed by atoms with Gasteiger partial charge in [-0.1, -0.05) is 24.3 Å². The lowest BCUT2D eigenvalue weighted by Gasteiger charge is -2.17. The Morgan fingerprint density at radius 2 is 1.91 bits per heavy atom. The molecule has 0 aliphatic carbocycles. The zero-order valence-electron chi connectivity index (χ0n) is 19.6. The van der Waals surface area contributed by atoms with Gasteiger partial charge in [0, 0.05) is 29.6 Å². The largest absolute Gasteiger partial charge is 0.493 e. The molecule has 1 fully saturated rings. The molecule has 3 N–H and O–H groups in total. The number of hydrogen-bond acceptors (Lipinski definition) is 6. The molecule has 3 aromatic rings. The Morgan fingerprint density at radius 3 is 2.76 bits per heavy atom. The number of nitrogen functional groups attached to an aromatic ring is 1. The Balaban J connectivity index is 1.14. The molecule has 1 saturated heterocycles. The van der Waals surface area contributed by atoms with Crippen LogP contribution >= 0.6 is 0 Å². The Kier molecular flexibility index (Phi) is 8.99. The molecule has 2 aromatic carbocycles. The molecule has 0 radical (unpaired) electrons. The van der Waals surface area contributed by atoms with Gasteiger partial charge in [-0.05, 0) is 68.8 Å². The highest BCUT2D eigenvalue weighted by Gasteiger charge is 2.11. The zero-order valence-corrected chi connectivity index (χ0v) is 19.6. The van der Waals surface area contributed by atoms with Crippen molar-refractivity contribution in [1.29, 1.82) is 0 Å². The molecule has 1 aromatic heterocycles. The third kappa shape index (κ3) is 7.37. The number of nitrogens with zero attached hydrogens (tertiary/aromatic N) is 2. The molecule has 34 heavy (non-hydrogen) atoms. The van der Waals surface area contributed by atoms with E-state index < -0.39 is 0 Å². The lowest BCUT2D eigenvalue weighted by molar-refractivity contribution is 0.144. The van der Waals surface area contributed by atoms with E-state index in [0.717, 1.165) is 47.0 Å². The molecule has 180 valence electrons. The molecular formula is C27H34N4O3. The first-order chi connectivity index (χ1) is 16.8. The number of aromatic amines is 1. The summed E-state index contributed by atoms with van der Waals surface area (Å²) in [5, 5.41) is 6.96. The monoisotopic (exact) mass is 462 g/mol. The number of ether oxygens (including phenoxy) is 3. The van der Waals surface area contributed by atoms with Gasteiger partial charge in [-0.2, -0.15) is 5.10 Å². The highest BCUT2D eigenvalue weighted by molar-refractivity contribution is 5.60. The SMILES string of the molecule is Nc1ccc(OCCN2CCCC2)c(COC/C=C/CCOc2cccc(-c3ccn[nH]3)c2)c1. The quantitative estimate of drug-likeness (QED) is 0.218. The molecule has 7 heteroatoms. The van der Waals surface area contributed by atoms with Crippen molar-refractivity contribution in [3.8, 4) is 22.8 Å². The summed E-state index contributed by atoms with van der Waals surface area (Å²) < 4.78 is 17.7. The molecule has 0 atom stereocenters. The van der Waals surface area contributed by atoms with E-state index in [1.165, 1.54) is 25.9 Å². The maximum atomic E-state index is 6.02. The topological polar surface area (TPSA) is 85.6 Å². The van der Waals surface area contributed by atoms with Gasteiger partial charge in [-0.3, -0.25) is 10.00 Å². The van der Waals surface area contributed by atoms with Gasteiger partial charge in [-0.15, -0.1) is 0 Å². The number of aromatic nitrogens is 2. The number of likely N-dealkylation sites (tertiary alicyclic amines) is 1. The summed E-state index contributed by atoms with van der Waals surface area (Å²) in [5.74, 6) is 1.69. The molecule has 0 unspecified atom stereocenters. The van der Waals surface area contributed by atoms with E-state index in [0.29, 0.717) is 26.4 Å². The van der Waals surface area contributed by atoms with Crippen LogP contribution < -0.4 is 15.2 Å². The predicted molar refractivity (Wildman–Crippen MR) is 135 cm³/mol. The summed E-state index contributed by atoms with van der Waals surface area (Å²) in [6.45, 7) is 5.59. The number of hydrogen-bond donors (Lipinski definition) is 2. The maximum absolute atomic E-state index is 6.02. The lowest BCUT2D eigenvalue weighted by Crippen LogP contribution is -2.25. The number of rotatable bonds is 13. The van der Waals surface area contributed by atoms with Crippen LogP contribution in [0.3, 0.4) is 0 Å². The molecule has 0 bridgehead atoms. The highest BCUT2D eigenvalue weighted by Crippen LogP contribution is 2.23. The molecule has 2 heterocycles. The lowest BCUT2D eigenvalue weighted by atomic mass is 10.1. The van der Waals surface area contributed by atoms with Crippen LogP contribution in [0.5, 0.6) is 11.5 Å². The fourth-order valence-electron chi connectivity index (χ4n) is 3.98.